The van der Waals surface area contributed by atoms with Crippen LogP contribution in [0.25, 0.3) is 6.08 Å². The Morgan fingerprint density at radius 3 is 2.67 bits per heavy atom. The molecule has 108 valence electrons. The molecule has 0 atom stereocenters. The molecule has 0 aliphatic carbocycles. The minimum absolute atomic E-state index is 0.310. The van der Waals surface area contributed by atoms with Gasteiger partial charge in [0.1, 0.15) is 17.3 Å². The van der Waals surface area contributed by atoms with Crippen molar-refractivity contribution in [1.29, 1.82) is 0 Å². The van der Waals surface area contributed by atoms with Gasteiger partial charge in [-0.15, -0.1) is 0 Å². The van der Waals surface area contributed by atoms with Crippen LogP contribution in [-0.2, 0) is 4.79 Å². The second-order valence-electron chi connectivity index (χ2n) is 4.37. The molecule has 1 N–H and O–H groups in total. The van der Waals surface area contributed by atoms with Gasteiger partial charge in [-0.1, -0.05) is 22.0 Å². The predicted octanol–water partition coefficient (Wildman–Crippen LogP) is 4.79. The van der Waals surface area contributed by atoms with Crippen molar-refractivity contribution in [2.75, 3.05) is 0 Å². The average molecular weight is 351 g/mol. The number of aliphatic carboxylic acids is 1. The standard InChI is InChI=1S/C16H12BrFO3/c1-10-8-12(18)4-6-15(10)21-13-5-2-11(14(17)9-13)3-7-16(19)20/h2-9H,1H3,(H,19,20)/b7-3+. The molecule has 2 aromatic carbocycles. The van der Waals surface area contributed by atoms with E-state index in [1.165, 1.54) is 18.2 Å². The molecule has 0 fully saturated rings. The molecular formula is C16H12BrFO3. The van der Waals surface area contributed by atoms with Crippen molar-refractivity contribution in [3.05, 3.63) is 63.9 Å². The lowest BCUT2D eigenvalue weighted by Crippen LogP contribution is -1.90. The first-order chi connectivity index (χ1) is 9.95. The number of aryl methyl sites for hydroxylation is 1. The average Bonchev–Trinajstić information content (AvgIpc) is 2.41. The van der Waals surface area contributed by atoms with Crippen LogP contribution < -0.4 is 4.74 Å². The number of benzene rings is 2. The molecule has 3 nitrogen and oxygen atoms in total. The van der Waals surface area contributed by atoms with E-state index >= 15 is 0 Å². The van der Waals surface area contributed by atoms with Crippen LogP contribution in [0.5, 0.6) is 11.5 Å². The van der Waals surface area contributed by atoms with E-state index in [1.807, 2.05) is 0 Å². The van der Waals surface area contributed by atoms with Gasteiger partial charge < -0.3 is 9.84 Å². The fourth-order valence-corrected chi connectivity index (χ4v) is 2.21. The fraction of sp³-hybridized carbons (Fsp3) is 0.0625. The summed E-state index contributed by atoms with van der Waals surface area (Å²) in [6.45, 7) is 1.76. The van der Waals surface area contributed by atoms with Crippen molar-refractivity contribution in [3.63, 3.8) is 0 Å². The van der Waals surface area contributed by atoms with Gasteiger partial charge in [0, 0.05) is 10.5 Å². The monoisotopic (exact) mass is 350 g/mol. The smallest absolute Gasteiger partial charge is 0.328 e. The van der Waals surface area contributed by atoms with E-state index in [9.17, 15) is 9.18 Å². The lowest BCUT2D eigenvalue weighted by molar-refractivity contribution is -0.131. The summed E-state index contributed by atoms with van der Waals surface area (Å²) in [5.41, 5.74) is 1.42. The van der Waals surface area contributed by atoms with Crippen LogP contribution in [0.4, 0.5) is 4.39 Å². The Balaban J connectivity index is 2.22. The summed E-state index contributed by atoms with van der Waals surface area (Å²) in [5, 5.41) is 8.61. The molecule has 0 saturated carbocycles. The summed E-state index contributed by atoms with van der Waals surface area (Å²) < 4.78 is 19.4. The number of hydrogen-bond acceptors (Lipinski definition) is 2. The summed E-state index contributed by atoms with van der Waals surface area (Å²) in [4.78, 5) is 10.5. The van der Waals surface area contributed by atoms with Crippen LogP contribution in [-0.4, -0.2) is 11.1 Å². The molecular weight excluding hydrogens is 339 g/mol. The minimum atomic E-state index is -1.01. The maximum absolute atomic E-state index is 13.0. The Labute approximate surface area is 129 Å². The van der Waals surface area contributed by atoms with E-state index in [1.54, 1.807) is 31.2 Å². The van der Waals surface area contributed by atoms with E-state index in [4.69, 9.17) is 9.84 Å². The largest absolute Gasteiger partial charge is 0.478 e. The van der Waals surface area contributed by atoms with E-state index < -0.39 is 5.97 Å². The van der Waals surface area contributed by atoms with Crippen LogP contribution in [0.15, 0.2) is 46.9 Å². The number of rotatable bonds is 4. The molecule has 5 heteroatoms. The maximum Gasteiger partial charge on any atom is 0.328 e. The normalized spacial score (nSPS) is 10.8. The van der Waals surface area contributed by atoms with Gasteiger partial charge in [0.05, 0.1) is 0 Å². The summed E-state index contributed by atoms with van der Waals surface area (Å²) in [7, 11) is 0. The predicted molar refractivity (Wildman–Crippen MR) is 82.0 cm³/mol. The van der Waals surface area contributed by atoms with Gasteiger partial charge >= 0.3 is 5.97 Å². The Bertz CT molecular complexity index is 711. The number of carbonyl (C=O) groups is 1. The second-order valence-corrected chi connectivity index (χ2v) is 5.22. The van der Waals surface area contributed by atoms with Gasteiger partial charge in [-0.05, 0) is 54.5 Å². The van der Waals surface area contributed by atoms with Crippen LogP contribution in [0.3, 0.4) is 0 Å². The summed E-state index contributed by atoms with van der Waals surface area (Å²) in [5.74, 6) is -0.180. The van der Waals surface area contributed by atoms with Crippen LogP contribution in [0, 0.1) is 12.7 Å². The lowest BCUT2D eigenvalue weighted by atomic mass is 10.2. The molecule has 0 aliphatic heterocycles. The van der Waals surface area contributed by atoms with E-state index in [-0.39, 0.29) is 5.82 Å². The first-order valence-corrected chi connectivity index (χ1v) is 6.89. The van der Waals surface area contributed by atoms with Gasteiger partial charge in [0.2, 0.25) is 0 Å². The molecule has 0 amide bonds. The van der Waals surface area contributed by atoms with Gasteiger partial charge in [-0.2, -0.15) is 0 Å². The summed E-state index contributed by atoms with van der Waals surface area (Å²) in [6.07, 6.45) is 2.55. The molecule has 2 rings (SSSR count). The van der Waals surface area contributed by atoms with Crippen molar-refractivity contribution >= 4 is 28.0 Å². The highest BCUT2D eigenvalue weighted by atomic mass is 79.9. The minimum Gasteiger partial charge on any atom is -0.478 e. The highest BCUT2D eigenvalue weighted by Crippen LogP contribution is 2.29. The third kappa shape index (κ3) is 4.16. The molecule has 0 bridgehead atoms. The second kappa shape index (κ2) is 6.54. The number of halogens is 2. The van der Waals surface area contributed by atoms with Gasteiger partial charge in [0.15, 0.2) is 0 Å². The van der Waals surface area contributed by atoms with Crippen molar-refractivity contribution in [1.82, 2.24) is 0 Å². The van der Waals surface area contributed by atoms with Crippen molar-refractivity contribution in [2.45, 2.75) is 6.92 Å². The summed E-state index contributed by atoms with van der Waals surface area (Å²) >= 11 is 3.36. The van der Waals surface area contributed by atoms with Gasteiger partial charge in [0.25, 0.3) is 0 Å². The van der Waals surface area contributed by atoms with Gasteiger partial charge in [-0.25, -0.2) is 9.18 Å². The highest BCUT2D eigenvalue weighted by molar-refractivity contribution is 9.10. The fourth-order valence-electron chi connectivity index (χ4n) is 1.72. The highest BCUT2D eigenvalue weighted by Gasteiger charge is 2.05. The molecule has 0 aromatic heterocycles. The maximum atomic E-state index is 13.0. The van der Waals surface area contributed by atoms with Crippen LogP contribution in [0.2, 0.25) is 0 Å². The summed E-state index contributed by atoms with van der Waals surface area (Å²) in [6, 6.07) is 9.48. The van der Waals surface area contributed by atoms with Crippen molar-refractivity contribution in [2.24, 2.45) is 0 Å². The molecule has 2 aromatic rings. The molecule has 0 heterocycles. The van der Waals surface area contributed by atoms with Crippen molar-refractivity contribution < 1.29 is 19.0 Å². The van der Waals surface area contributed by atoms with Crippen LogP contribution >= 0.6 is 15.9 Å². The Kier molecular flexibility index (Phi) is 4.75. The first kappa shape index (κ1) is 15.3. The lowest BCUT2D eigenvalue weighted by Gasteiger charge is -2.10. The third-order valence-electron chi connectivity index (χ3n) is 2.74. The first-order valence-electron chi connectivity index (χ1n) is 6.10. The zero-order valence-electron chi connectivity index (χ0n) is 11.1. The number of ether oxygens (including phenoxy) is 1. The quantitative estimate of drug-likeness (QED) is 0.806. The van der Waals surface area contributed by atoms with Crippen LogP contribution in [0.1, 0.15) is 11.1 Å². The Morgan fingerprint density at radius 1 is 1.29 bits per heavy atom. The van der Waals surface area contributed by atoms with E-state index in [0.717, 1.165) is 11.6 Å². The molecule has 21 heavy (non-hydrogen) atoms. The molecule has 0 radical (unpaired) electrons. The Hall–Kier alpha value is -2.14. The van der Waals surface area contributed by atoms with Crippen molar-refractivity contribution in [3.8, 4) is 11.5 Å². The molecule has 0 saturated heterocycles. The van der Waals surface area contributed by atoms with E-state index in [2.05, 4.69) is 15.9 Å². The number of hydrogen-bond donors (Lipinski definition) is 1. The topological polar surface area (TPSA) is 46.5 Å². The van der Waals surface area contributed by atoms with Gasteiger partial charge in [-0.3, -0.25) is 0 Å². The number of carboxylic acids is 1. The van der Waals surface area contributed by atoms with E-state index in [0.29, 0.717) is 21.5 Å². The zero-order chi connectivity index (χ0) is 15.4. The zero-order valence-corrected chi connectivity index (χ0v) is 12.7. The number of carboxylic acid groups (broad SMARTS) is 1. The third-order valence-corrected chi connectivity index (χ3v) is 3.43. The molecule has 0 unspecified atom stereocenters. The SMILES string of the molecule is Cc1cc(F)ccc1Oc1ccc(/C=C/C(=O)O)c(Br)c1. The Morgan fingerprint density at radius 2 is 2.05 bits per heavy atom. The molecule has 0 aliphatic rings. The molecule has 0 spiro atoms.